The molecule has 0 spiro atoms. The fourth-order valence-electron chi connectivity index (χ4n) is 3.73. The fourth-order valence-corrected chi connectivity index (χ4v) is 5.04. The van der Waals surface area contributed by atoms with Gasteiger partial charge in [0.25, 0.3) is 0 Å². The molecule has 0 bridgehead atoms. The van der Waals surface area contributed by atoms with Gasteiger partial charge in [-0.15, -0.1) is 0 Å². The van der Waals surface area contributed by atoms with Gasteiger partial charge >= 0.3 is 0 Å². The third kappa shape index (κ3) is 4.12. The number of allylic oxidation sites excluding steroid dienone is 1. The summed E-state index contributed by atoms with van der Waals surface area (Å²) in [5.74, 6) is 6.00. The zero-order chi connectivity index (χ0) is 15.7. The highest BCUT2D eigenvalue weighted by molar-refractivity contribution is 8.00. The third-order valence-corrected chi connectivity index (χ3v) is 7.07. The second-order valence-corrected chi connectivity index (χ2v) is 10.2. The zero-order valence-electron chi connectivity index (χ0n) is 13.6. The van der Waals surface area contributed by atoms with Gasteiger partial charge in [0.2, 0.25) is 5.91 Å². The molecule has 0 N–H and O–H groups in total. The average Bonchev–Trinajstić information content (AvgIpc) is 2.37. The van der Waals surface area contributed by atoms with Crippen molar-refractivity contribution in [2.24, 2.45) is 17.3 Å². The van der Waals surface area contributed by atoms with Gasteiger partial charge in [0.15, 0.2) is 0 Å². The van der Waals surface area contributed by atoms with Crippen LogP contribution in [0, 0.1) is 17.3 Å². The number of hydrogen-bond donors (Lipinski definition) is 0. The Hall–Kier alpha value is -0.770. The minimum absolute atomic E-state index is 0.0680. The van der Waals surface area contributed by atoms with Gasteiger partial charge in [-0.25, -0.2) is 0 Å². The van der Waals surface area contributed by atoms with E-state index in [4.69, 9.17) is 0 Å². The number of carbonyl (C=O) groups excluding carboxylic acids is 1. The summed E-state index contributed by atoms with van der Waals surface area (Å²) in [5.41, 5.74) is 0.276. The van der Waals surface area contributed by atoms with Crippen molar-refractivity contribution in [1.29, 1.82) is 0 Å². The number of nitrogens with zero attached hydrogens (tertiary/aromatic N) is 1. The number of amides is 1. The Kier molecular flexibility index (Phi) is 4.86. The summed E-state index contributed by atoms with van der Waals surface area (Å²) in [6, 6.07) is 0. The Morgan fingerprint density at radius 2 is 1.95 bits per heavy atom. The molecule has 4 heteroatoms. The smallest absolute Gasteiger partial charge is 0.246 e. The number of rotatable bonds is 2. The van der Waals surface area contributed by atoms with Gasteiger partial charge < -0.3 is 4.90 Å². The van der Waals surface area contributed by atoms with Crippen LogP contribution in [0.2, 0.25) is 0 Å². The summed E-state index contributed by atoms with van der Waals surface area (Å²) in [6.45, 7) is 8.06. The van der Waals surface area contributed by atoms with Gasteiger partial charge in [-0.3, -0.25) is 9.00 Å². The quantitative estimate of drug-likeness (QED) is 0.580. The first-order valence-corrected chi connectivity index (χ1v) is 10.1. The summed E-state index contributed by atoms with van der Waals surface area (Å²) in [5, 5.41) is 0. The molecule has 0 radical (unpaired) electrons. The van der Waals surface area contributed by atoms with E-state index in [1.54, 1.807) is 6.08 Å². The van der Waals surface area contributed by atoms with E-state index in [-0.39, 0.29) is 11.3 Å². The van der Waals surface area contributed by atoms with Crippen LogP contribution < -0.4 is 0 Å². The Morgan fingerprint density at radius 3 is 2.52 bits per heavy atom. The highest BCUT2D eigenvalue weighted by atomic mass is 32.2. The summed E-state index contributed by atoms with van der Waals surface area (Å²) >= 11 is 0. The lowest BCUT2D eigenvalue weighted by Crippen LogP contribution is -2.43. The van der Waals surface area contributed by atoms with Gasteiger partial charge in [0, 0.05) is 24.6 Å². The van der Waals surface area contributed by atoms with E-state index >= 15 is 0 Å². The minimum Gasteiger partial charge on any atom is -0.337 e. The van der Waals surface area contributed by atoms with Crippen LogP contribution in [0.15, 0.2) is 12.2 Å². The van der Waals surface area contributed by atoms with Crippen molar-refractivity contribution in [2.45, 2.75) is 40.0 Å². The molecule has 0 aromatic rings. The van der Waals surface area contributed by atoms with E-state index in [1.165, 1.54) is 19.3 Å². The first-order valence-electron chi connectivity index (χ1n) is 8.01. The van der Waals surface area contributed by atoms with Crippen molar-refractivity contribution >= 4 is 21.3 Å². The number of hydrogen-bond acceptors (Lipinski definition) is 2. The highest BCUT2D eigenvalue weighted by Crippen LogP contribution is 2.44. The number of carbonyl (C=O) groups is 1. The van der Waals surface area contributed by atoms with Crippen molar-refractivity contribution < 1.29 is 9.00 Å². The van der Waals surface area contributed by atoms with E-state index < -0.39 is 9.52 Å². The molecule has 1 saturated carbocycles. The molecule has 1 aliphatic carbocycles. The van der Waals surface area contributed by atoms with E-state index in [0.29, 0.717) is 36.4 Å². The molecule has 2 atom stereocenters. The molecule has 0 aromatic heterocycles. The summed E-state index contributed by atoms with van der Waals surface area (Å²) in [4.78, 5) is 14.1. The van der Waals surface area contributed by atoms with Crippen molar-refractivity contribution in [2.75, 3.05) is 24.6 Å². The summed E-state index contributed by atoms with van der Waals surface area (Å²) < 4.78 is 11.8. The van der Waals surface area contributed by atoms with Crippen LogP contribution in [0.5, 0.6) is 0 Å². The third-order valence-electron chi connectivity index (χ3n) is 5.22. The van der Waals surface area contributed by atoms with Crippen molar-refractivity contribution in [3.8, 4) is 0 Å². The Bertz CT molecular complexity index is 505. The second kappa shape index (κ2) is 6.15. The van der Waals surface area contributed by atoms with Gasteiger partial charge in [0.1, 0.15) is 0 Å². The van der Waals surface area contributed by atoms with Crippen LogP contribution >= 0.6 is 0 Å². The fraction of sp³-hybridized carbons (Fsp3) is 0.765. The summed E-state index contributed by atoms with van der Waals surface area (Å²) in [6.07, 6.45) is 7.65. The molecule has 2 rings (SSSR count). The van der Waals surface area contributed by atoms with Crippen LogP contribution in [0.3, 0.4) is 0 Å². The molecular weight excluding hydrogens is 282 g/mol. The largest absolute Gasteiger partial charge is 0.337 e. The Labute approximate surface area is 129 Å². The molecule has 2 aliphatic rings. The SMILES string of the molecule is C=S1(=O)CCN(C(=O)/C=C/C2C(C)CCCC2(C)C)CC1. The van der Waals surface area contributed by atoms with Crippen LogP contribution in [-0.2, 0) is 14.3 Å². The summed E-state index contributed by atoms with van der Waals surface area (Å²) in [7, 11) is -1.93. The maximum Gasteiger partial charge on any atom is 0.246 e. The van der Waals surface area contributed by atoms with E-state index in [2.05, 4.69) is 32.7 Å². The molecule has 120 valence electrons. The molecule has 1 amide bonds. The second-order valence-electron chi connectivity index (χ2n) is 7.44. The lowest BCUT2D eigenvalue weighted by molar-refractivity contribution is -0.125. The van der Waals surface area contributed by atoms with Gasteiger partial charge in [-0.2, -0.15) is 0 Å². The molecule has 1 saturated heterocycles. The normalized spacial score (nSPS) is 32.2. The molecule has 21 heavy (non-hydrogen) atoms. The lowest BCUT2D eigenvalue weighted by Gasteiger charge is -2.41. The lowest BCUT2D eigenvalue weighted by atomic mass is 9.64. The minimum atomic E-state index is -1.93. The molecule has 0 aromatic carbocycles. The standard InChI is InChI=1S/C17H29NO2S/c1-14-6-5-9-17(2,3)15(14)7-8-16(19)18-10-12-21(4,20)13-11-18/h7-8,14-15H,4-6,9-13H2,1-3H3/b8-7+. The monoisotopic (exact) mass is 311 g/mol. The maximum atomic E-state index is 12.3. The van der Waals surface area contributed by atoms with Crippen molar-refractivity contribution in [3.05, 3.63) is 12.2 Å². The van der Waals surface area contributed by atoms with Crippen LogP contribution in [0.1, 0.15) is 40.0 Å². The van der Waals surface area contributed by atoms with E-state index in [0.717, 1.165) is 0 Å². The highest BCUT2D eigenvalue weighted by Gasteiger charge is 2.35. The van der Waals surface area contributed by atoms with E-state index in [1.807, 2.05) is 4.90 Å². The van der Waals surface area contributed by atoms with Gasteiger partial charge in [-0.1, -0.05) is 39.7 Å². The Balaban J connectivity index is 1.98. The predicted octanol–water partition coefficient (Wildman–Crippen LogP) is 2.56. The van der Waals surface area contributed by atoms with Gasteiger partial charge in [0.05, 0.1) is 0 Å². The van der Waals surface area contributed by atoms with Crippen molar-refractivity contribution in [3.63, 3.8) is 0 Å². The molecule has 1 heterocycles. The van der Waals surface area contributed by atoms with Crippen molar-refractivity contribution in [1.82, 2.24) is 4.90 Å². The molecule has 1 aliphatic heterocycles. The van der Waals surface area contributed by atoms with Crippen LogP contribution in [0.4, 0.5) is 0 Å². The van der Waals surface area contributed by atoms with Crippen LogP contribution in [0.25, 0.3) is 0 Å². The van der Waals surface area contributed by atoms with E-state index in [9.17, 15) is 9.00 Å². The Morgan fingerprint density at radius 1 is 1.33 bits per heavy atom. The molecule has 3 nitrogen and oxygen atoms in total. The molecule has 2 fully saturated rings. The topological polar surface area (TPSA) is 37.4 Å². The van der Waals surface area contributed by atoms with Gasteiger partial charge in [-0.05, 0) is 45.1 Å². The molecular formula is C17H29NO2S. The average molecular weight is 311 g/mol. The predicted molar refractivity (Wildman–Crippen MR) is 91.0 cm³/mol. The van der Waals surface area contributed by atoms with Crippen LogP contribution in [-0.4, -0.2) is 45.5 Å². The maximum absolute atomic E-state index is 12.3. The first kappa shape index (κ1) is 16.6. The zero-order valence-corrected chi connectivity index (χ0v) is 14.5. The molecule has 2 unspecified atom stereocenters. The first-order chi connectivity index (χ1) is 9.71.